The maximum absolute atomic E-state index is 2.26. The van der Waals surface area contributed by atoms with E-state index in [2.05, 4.69) is 115 Å². The lowest BCUT2D eigenvalue weighted by molar-refractivity contribution is 0.974. The van der Waals surface area contributed by atoms with Crippen LogP contribution in [0.3, 0.4) is 0 Å². The van der Waals surface area contributed by atoms with Gasteiger partial charge < -0.3 is 0 Å². The molecule has 0 N–H and O–H groups in total. The lowest BCUT2D eigenvalue weighted by Crippen LogP contribution is -2.03. The average molecular weight is 353 g/mol. The van der Waals surface area contributed by atoms with Crippen LogP contribution in [0.1, 0.15) is 22.6 Å². The molecule has 0 spiro atoms. The van der Waals surface area contributed by atoms with Gasteiger partial charge in [-0.2, -0.15) is 0 Å². The minimum atomic E-state index is 0.258. The molecule has 0 saturated carbocycles. The molecule has 1 heteroatoms. The third-order valence-corrected chi connectivity index (χ3v) is 5.47. The molecule has 0 aliphatic rings. The monoisotopic (exact) mass is 352 g/mol. The summed E-state index contributed by atoms with van der Waals surface area (Å²) in [4.78, 5) is 2.53. The van der Waals surface area contributed by atoms with Crippen LogP contribution in [0.2, 0.25) is 0 Å². The summed E-state index contributed by atoms with van der Waals surface area (Å²) in [7, 11) is 0. The van der Waals surface area contributed by atoms with Crippen LogP contribution in [-0.4, -0.2) is 0 Å². The summed E-state index contributed by atoms with van der Waals surface area (Å²) < 4.78 is 0. The van der Waals surface area contributed by atoms with Crippen LogP contribution >= 0.6 is 11.8 Å². The Morgan fingerprint density at radius 1 is 0.385 bits per heavy atom. The molecule has 4 aromatic carbocycles. The van der Waals surface area contributed by atoms with Gasteiger partial charge in [0.25, 0.3) is 0 Å². The maximum atomic E-state index is 2.26. The fraction of sp³-hybridized carbons (Fsp3) is 0.0400. The van der Waals surface area contributed by atoms with Crippen LogP contribution in [0, 0.1) is 0 Å². The van der Waals surface area contributed by atoms with E-state index >= 15 is 0 Å². The highest BCUT2D eigenvalue weighted by atomic mass is 32.2. The first-order chi connectivity index (χ1) is 12.9. The Morgan fingerprint density at radius 2 is 0.769 bits per heavy atom. The summed E-state index contributed by atoms with van der Waals surface area (Å²) in [6.45, 7) is 0. The largest absolute Gasteiger partial charge is 0.0901 e. The molecule has 0 heterocycles. The van der Waals surface area contributed by atoms with Crippen molar-refractivity contribution in [3.05, 3.63) is 132 Å². The smallest absolute Gasteiger partial charge is 0.0340 e. The first kappa shape index (κ1) is 16.7. The van der Waals surface area contributed by atoms with E-state index in [1.54, 1.807) is 11.8 Å². The van der Waals surface area contributed by atoms with Crippen molar-refractivity contribution in [1.82, 2.24) is 0 Å². The van der Waals surface area contributed by atoms with Crippen LogP contribution in [0.15, 0.2) is 125 Å². The van der Waals surface area contributed by atoms with E-state index in [9.17, 15) is 0 Å². The fourth-order valence-electron chi connectivity index (χ4n) is 3.22. The zero-order valence-electron chi connectivity index (χ0n) is 14.5. The highest BCUT2D eigenvalue weighted by Gasteiger charge is 2.16. The first-order valence-electron chi connectivity index (χ1n) is 8.83. The summed E-state index contributed by atoms with van der Waals surface area (Å²) in [6, 6.07) is 41.0. The second-order valence-electron chi connectivity index (χ2n) is 6.24. The zero-order valence-corrected chi connectivity index (χ0v) is 15.3. The topological polar surface area (TPSA) is 0 Å². The molecule has 0 fully saturated rings. The number of rotatable bonds is 5. The maximum Gasteiger partial charge on any atom is 0.0340 e. The molecule has 0 aliphatic carbocycles. The third kappa shape index (κ3) is 3.89. The van der Waals surface area contributed by atoms with Crippen molar-refractivity contribution in [2.45, 2.75) is 15.7 Å². The molecular formula is C25H20S. The standard InChI is InChI=1S/C25H20S/c1-4-10-20(11-5-1)25(21-12-6-2-7-13-21)22-16-18-24(19-17-22)26-23-14-8-3-9-15-23/h1-19,25H. The Hall–Kier alpha value is -2.77. The Bertz CT molecular complexity index is 890. The van der Waals surface area contributed by atoms with Crippen molar-refractivity contribution in [1.29, 1.82) is 0 Å². The SMILES string of the molecule is c1ccc(Sc2ccc(C(c3ccccc3)c3ccccc3)cc2)cc1. The van der Waals surface area contributed by atoms with E-state index in [1.807, 2.05) is 0 Å². The molecule has 0 amide bonds. The Balaban J connectivity index is 1.66. The summed E-state index contributed by atoms with van der Waals surface area (Å²) >= 11 is 1.80. The predicted molar refractivity (Wildman–Crippen MR) is 111 cm³/mol. The molecule has 0 unspecified atom stereocenters. The van der Waals surface area contributed by atoms with Gasteiger partial charge in [-0.1, -0.05) is 103 Å². The first-order valence-corrected chi connectivity index (χ1v) is 9.64. The van der Waals surface area contributed by atoms with Crippen molar-refractivity contribution >= 4 is 11.8 Å². The molecule has 4 rings (SSSR count). The van der Waals surface area contributed by atoms with Crippen molar-refractivity contribution < 1.29 is 0 Å². The van der Waals surface area contributed by atoms with Gasteiger partial charge in [0.1, 0.15) is 0 Å². The highest BCUT2D eigenvalue weighted by molar-refractivity contribution is 7.99. The molecular weight excluding hydrogens is 332 g/mol. The normalized spacial score (nSPS) is 10.8. The second-order valence-corrected chi connectivity index (χ2v) is 7.39. The number of hydrogen-bond acceptors (Lipinski definition) is 1. The quantitative estimate of drug-likeness (QED) is 0.348. The highest BCUT2D eigenvalue weighted by Crippen LogP contribution is 2.34. The fourth-order valence-corrected chi connectivity index (χ4v) is 4.06. The zero-order chi connectivity index (χ0) is 17.6. The lowest BCUT2D eigenvalue weighted by Gasteiger charge is -2.19. The van der Waals surface area contributed by atoms with Gasteiger partial charge in [-0.3, -0.25) is 0 Å². The molecule has 0 aliphatic heterocycles. The van der Waals surface area contributed by atoms with Crippen LogP contribution < -0.4 is 0 Å². The molecule has 0 bridgehead atoms. The van der Waals surface area contributed by atoms with Crippen molar-refractivity contribution in [3.63, 3.8) is 0 Å². The Morgan fingerprint density at radius 3 is 1.27 bits per heavy atom. The summed E-state index contributed by atoms with van der Waals surface area (Å²) in [5.74, 6) is 0.258. The number of benzene rings is 4. The van der Waals surface area contributed by atoms with E-state index in [4.69, 9.17) is 0 Å². The van der Waals surface area contributed by atoms with Gasteiger partial charge in [-0.15, -0.1) is 0 Å². The van der Waals surface area contributed by atoms with E-state index in [0.29, 0.717) is 0 Å². The van der Waals surface area contributed by atoms with Gasteiger partial charge in [-0.05, 0) is 41.0 Å². The van der Waals surface area contributed by atoms with Crippen molar-refractivity contribution in [3.8, 4) is 0 Å². The van der Waals surface area contributed by atoms with E-state index in [0.717, 1.165) is 0 Å². The second kappa shape index (κ2) is 8.07. The molecule has 4 aromatic rings. The summed E-state index contributed by atoms with van der Waals surface area (Å²) in [6.07, 6.45) is 0. The van der Waals surface area contributed by atoms with Crippen LogP contribution in [0.25, 0.3) is 0 Å². The van der Waals surface area contributed by atoms with Crippen LogP contribution in [0.5, 0.6) is 0 Å². The Labute approximate surface area is 159 Å². The molecule has 0 radical (unpaired) electrons. The van der Waals surface area contributed by atoms with Gasteiger partial charge in [0.15, 0.2) is 0 Å². The minimum absolute atomic E-state index is 0.258. The molecule has 0 saturated heterocycles. The average Bonchev–Trinajstić information content (AvgIpc) is 2.72. The van der Waals surface area contributed by atoms with Gasteiger partial charge in [0, 0.05) is 15.7 Å². The van der Waals surface area contributed by atoms with Gasteiger partial charge in [0.2, 0.25) is 0 Å². The summed E-state index contributed by atoms with van der Waals surface area (Å²) in [5, 5.41) is 0. The molecule has 126 valence electrons. The van der Waals surface area contributed by atoms with E-state index in [1.165, 1.54) is 26.5 Å². The van der Waals surface area contributed by atoms with E-state index in [-0.39, 0.29) is 5.92 Å². The molecule has 0 aromatic heterocycles. The predicted octanol–water partition coefficient (Wildman–Crippen LogP) is 7.02. The van der Waals surface area contributed by atoms with Gasteiger partial charge in [-0.25, -0.2) is 0 Å². The van der Waals surface area contributed by atoms with Crippen molar-refractivity contribution in [2.75, 3.05) is 0 Å². The molecule has 0 nitrogen and oxygen atoms in total. The van der Waals surface area contributed by atoms with Crippen LogP contribution in [0.4, 0.5) is 0 Å². The molecule has 0 atom stereocenters. The van der Waals surface area contributed by atoms with E-state index < -0.39 is 0 Å². The van der Waals surface area contributed by atoms with Crippen LogP contribution in [-0.2, 0) is 0 Å². The lowest BCUT2D eigenvalue weighted by atomic mass is 9.85. The third-order valence-electron chi connectivity index (χ3n) is 4.46. The van der Waals surface area contributed by atoms with Gasteiger partial charge in [0.05, 0.1) is 0 Å². The summed E-state index contributed by atoms with van der Waals surface area (Å²) in [5.41, 5.74) is 3.96. The number of hydrogen-bond donors (Lipinski definition) is 0. The molecule has 26 heavy (non-hydrogen) atoms. The van der Waals surface area contributed by atoms with Gasteiger partial charge >= 0.3 is 0 Å². The minimum Gasteiger partial charge on any atom is -0.0901 e. The van der Waals surface area contributed by atoms with Crippen molar-refractivity contribution in [2.24, 2.45) is 0 Å². The Kier molecular flexibility index (Phi) is 5.18.